The summed E-state index contributed by atoms with van der Waals surface area (Å²) in [7, 11) is 0. The SMILES string of the molecule is CC(C)C(=O)Nc1ccc(N2CCCN(C(=O)c3ccco3)CC2)c(C(=O)NCc2ccc(F)cc2)c1. The van der Waals surface area contributed by atoms with Crippen LogP contribution in [-0.4, -0.2) is 48.8 Å². The van der Waals surface area contributed by atoms with Gasteiger partial charge in [-0.2, -0.15) is 0 Å². The van der Waals surface area contributed by atoms with Crippen molar-refractivity contribution in [3.63, 3.8) is 0 Å². The molecule has 8 nitrogen and oxygen atoms in total. The van der Waals surface area contributed by atoms with Gasteiger partial charge in [-0.1, -0.05) is 26.0 Å². The van der Waals surface area contributed by atoms with E-state index in [2.05, 4.69) is 15.5 Å². The normalized spacial score (nSPS) is 13.8. The topological polar surface area (TPSA) is 94.9 Å². The second-order valence-corrected chi connectivity index (χ2v) is 9.30. The minimum Gasteiger partial charge on any atom is -0.459 e. The zero-order chi connectivity index (χ0) is 26.4. The predicted octanol–water partition coefficient (Wildman–Crippen LogP) is 4.30. The largest absolute Gasteiger partial charge is 0.459 e. The average Bonchev–Trinajstić information content (AvgIpc) is 3.32. The number of amides is 3. The minimum atomic E-state index is -0.341. The summed E-state index contributed by atoms with van der Waals surface area (Å²) in [6.07, 6.45) is 2.20. The Morgan fingerprint density at radius 3 is 2.49 bits per heavy atom. The number of anilines is 2. The number of hydrogen-bond donors (Lipinski definition) is 2. The molecule has 3 amide bonds. The molecule has 0 saturated carbocycles. The minimum absolute atomic E-state index is 0.146. The highest BCUT2D eigenvalue weighted by atomic mass is 19.1. The van der Waals surface area contributed by atoms with Crippen LogP contribution in [0.15, 0.2) is 65.3 Å². The lowest BCUT2D eigenvalue weighted by Crippen LogP contribution is -2.35. The zero-order valence-electron chi connectivity index (χ0n) is 21.0. The number of halogens is 1. The van der Waals surface area contributed by atoms with Crippen molar-refractivity contribution < 1.29 is 23.2 Å². The van der Waals surface area contributed by atoms with Crippen LogP contribution in [0.4, 0.5) is 15.8 Å². The van der Waals surface area contributed by atoms with E-state index >= 15 is 0 Å². The Morgan fingerprint density at radius 1 is 1.00 bits per heavy atom. The fourth-order valence-electron chi connectivity index (χ4n) is 4.16. The zero-order valence-corrected chi connectivity index (χ0v) is 21.0. The van der Waals surface area contributed by atoms with E-state index in [0.717, 1.165) is 12.0 Å². The number of nitrogens with zero attached hydrogens (tertiary/aromatic N) is 2. The van der Waals surface area contributed by atoms with Gasteiger partial charge in [0.2, 0.25) is 5.91 Å². The maximum absolute atomic E-state index is 13.3. The van der Waals surface area contributed by atoms with Gasteiger partial charge in [-0.25, -0.2) is 4.39 Å². The maximum Gasteiger partial charge on any atom is 0.289 e. The second-order valence-electron chi connectivity index (χ2n) is 9.30. The molecule has 0 radical (unpaired) electrons. The highest BCUT2D eigenvalue weighted by Gasteiger charge is 2.25. The smallest absolute Gasteiger partial charge is 0.289 e. The summed E-state index contributed by atoms with van der Waals surface area (Å²) < 4.78 is 18.5. The number of benzene rings is 2. The van der Waals surface area contributed by atoms with Crippen molar-refractivity contribution in [1.82, 2.24) is 10.2 Å². The van der Waals surface area contributed by atoms with Gasteiger partial charge in [0.05, 0.1) is 11.8 Å². The van der Waals surface area contributed by atoms with E-state index in [-0.39, 0.29) is 36.0 Å². The third-order valence-corrected chi connectivity index (χ3v) is 6.26. The number of hydrogen-bond acceptors (Lipinski definition) is 5. The summed E-state index contributed by atoms with van der Waals surface area (Å²) in [5.74, 6) is -0.860. The van der Waals surface area contributed by atoms with Crippen molar-refractivity contribution in [3.8, 4) is 0 Å². The fraction of sp³-hybridized carbons (Fsp3) is 0.321. The highest BCUT2D eigenvalue weighted by Crippen LogP contribution is 2.27. The summed E-state index contributed by atoms with van der Waals surface area (Å²) in [6.45, 7) is 6.06. The highest BCUT2D eigenvalue weighted by molar-refractivity contribution is 6.02. The van der Waals surface area contributed by atoms with Crippen LogP contribution in [-0.2, 0) is 11.3 Å². The molecule has 0 aliphatic carbocycles. The van der Waals surface area contributed by atoms with E-state index in [0.29, 0.717) is 48.9 Å². The third kappa shape index (κ3) is 6.55. The van der Waals surface area contributed by atoms with Crippen molar-refractivity contribution >= 4 is 29.1 Å². The van der Waals surface area contributed by atoms with Crippen LogP contribution in [0.5, 0.6) is 0 Å². The van der Waals surface area contributed by atoms with Crippen molar-refractivity contribution in [1.29, 1.82) is 0 Å². The molecule has 0 unspecified atom stereocenters. The van der Waals surface area contributed by atoms with Gasteiger partial charge in [-0.05, 0) is 54.4 Å². The van der Waals surface area contributed by atoms with Crippen LogP contribution in [0.2, 0.25) is 0 Å². The van der Waals surface area contributed by atoms with E-state index in [1.54, 1.807) is 55.1 Å². The lowest BCUT2D eigenvalue weighted by atomic mass is 10.1. The third-order valence-electron chi connectivity index (χ3n) is 6.26. The van der Waals surface area contributed by atoms with E-state index in [4.69, 9.17) is 4.42 Å². The maximum atomic E-state index is 13.3. The summed E-state index contributed by atoms with van der Waals surface area (Å²) in [4.78, 5) is 42.2. The van der Waals surface area contributed by atoms with Crippen molar-refractivity contribution in [2.45, 2.75) is 26.8 Å². The lowest BCUT2D eigenvalue weighted by molar-refractivity contribution is -0.118. The molecule has 194 valence electrons. The lowest BCUT2D eigenvalue weighted by Gasteiger charge is -2.26. The first-order valence-electron chi connectivity index (χ1n) is 12.4. The van der Waals surface area contributed by atoms with Crippen LogP contribution in [0.3, 0.4) is 0 Å². The molecule has 3 aromatic rings. The van der Waals surface area contributed by atoms with E-state index < -0.39 is 0 Å². The second kappa shape index (κ2) is 11.7. The van der Waals surface area contributed by atoms with Gasteiger partial charge in [0.15, 0.2) is 5.76 Å². The number of nitrogens with one attached hydrogen (secondary N) is 2. The molecule has 0 atom stereocenters. The van der Waals surface area contributed by atoms with Gasteiger partial charge >= 0.3 is 0 Å². The van der Waals surface area contributed by atoms with Crippen LogP contribution < -0.4 is 15.5 Å². The van der Waals surface area contributed by atoms with E-state index in [1.165, 1.54) is 18.4 Å². The van der Waals surface area contributed by atoms with E-state index in [9.17, 15) is 18.8 Å². The number of rotatable bonds is 7. The molecule has 37 heavy (non-hydrogen) atoms. The Morgan fingerprint density at radius 2 is 1.78 bits per heavy atom. The molecule has 1 saturated heterocycles. The molecule has 2 N–H and O–H groups in total. The molecule has 2 heterocycles. The monoisotopic (exact) mass is 506 g/mol. The molecule has 2 aromatic carbocycles. The molecule has 0 bridgehead atoms. The van der Waals surface area contributed by atoms with E-state index in [1.807, 2.05) is 6.07 Å². The quantitative estimate of drug-likeness (QED) is 0.498. The average molecular weight is 507 g/mol. The van der Waals surface area contributed by atoms with Crippen molar-refractivity contribution in [2.75, 3.05) is 36.4 Å². The van der Waals surface area contributed by atoms with Gasteiger partial charge in [0.25, 0.3) is 11.8 Å². The molecule has 4 rings (SSSR count). The molecule has 1 aliphatic rings. The van der Waals surface area contributed by atoms with Gasteiger partial charge in [0, 0.05) is 50.0 Å². The van der Waals surface area contributed by atoms with Crippen LogP contribution in [0.25, 0.3) is 0 Å². The molecule has 1 aromatic heterocycles. The van der Waals surface area contributed by atoms with Gasteiger partial charge in [-0.3, -0.25) is 14.4 Å². The number of carbonyl (C=O) groups excluding carboxylic acids is 3. The predicted molar refractivity (Wildman–Crippen MR) is 139 cm³/mol. The van der Waals surface area contributed by atoms with Crippen LogP contribution >= 0.6 is 0 Å². The number of carbonyl (C=O) groups is 3. The summed E-state index contributed by atoms with van der Waals surface area (Å²) in [5.41, 5.74) is 2.42. The molecule has 0 spiro atoms. The van der Waals surface area contributed by atoms with Gasteiger partial charge < -0.3 is 24.9 Å². The first-order valence-corrected chi connectivity index (χ1v) is 12.4. The Kier molecular flexibility index (Phi) is 8.22. The first kappa shape index (κ1) is 25.9. The Balaban J connectivity index is 1.54. The van der Waals surface area contributed by atoms with Gasteiger partial charge in [0.1, 0.15) is 5.82 Å². The van der Waals surface area contributed by atoms with Crippen molar-refractivity contribution in [2.24, 2.45) is 5.92 Å². The van der Waals surface area contributed by atoms with Crippen LogP contribution in [0, 0.1) is 11.7 Å². The van der Waals surface area contributed by atoms with Crippen molar-refractivity contribution in [3.05, 3.63) is 83.6 Å². The summed E-state index contributed by atoms with van der Waals surface area (Å²) in [5, 5.41) is 5.76. The Hall–Kier alpha value is -4.14. The summed E-state index contributed by atoms with van der Waals surface area (Å²) in [6, 6.07) is 14.6. The molecule has 1 fully saturated rings. The Labute approximate surface area is 215 Å². The molecule has 1 aliphatic heterocycles. The molecular weight excluding hydrogens is 475 g/mol. The standard InChI is InChI=1S/C28H31FN4O4/c1-19(2)26(34)31-22-10-11-24(23(17-22)27(35)30-18-20-6-8-21(29)9-7-20)32-12-4-13-33(15-14-32)28(36)25-5-3-16-37-25/h3,5-11,16-17,19H,4,12-15,18H2,1-2H3,(H,30,35)(H,31,34). The Bertz CT molecular complexity index is 1240. The number of furan rings is 1. The van der Waals surface area contributed by atoms with Gasteiger partial charge in [-0.15, -0.1) is 0 Å². The first-order chi connectivity index (χ1) is 17.8. The molecular formula is C28H31FN4O4. The van der Waals surface area contributed by atoms with Crippen LogP contribution in [0.1, 0.15) is 46.7 Å². The summed E-state index contributed by atoms with van der Waals surface area (Å²) >= 11 is 0. The molecule has 9 heteroatoms. The fourth-order valence-corrected chi connectivity index (χ4v) is 4.16.